The zero-order chi connectivity index (χ0) is 14.5. The molecule has 1 aromatic carbocycles. The number of ether oxygens (including phenoxy) is 1. The van der Waals surface area contributed by atoms with E-state index in [0.717, 1.165) is 0 Å². The topological polar surface area (TPSA) is 82.3 Å². The monoisotopic (exact) mass is 292 g/mol. The maximum Gasteiger partial charge on any atom is 0.311 e. The standard InChI is InChI=1S/C13H12N2O4S/c1-2-19-12(16)7-10-8-20-13(14-10)9-4-3-5-11(6-9)15(17)18/h3-6,8H,2,7H2,1H3. The highest BCUT2D eigenvalue weighted by molar-refractivity contribution is 7.13. The number of nitro benzene ring substituents is 1. The van der Waals surface area contributed by atoms with Crippen molar-refractivity contribution in [3.8, 4) is 10.6 Å². The number of carbonyl (C=O) groups is 1. The van der Waals surface area contributed by atoms with Crippen LogP contribution in [0.15, 0.2) is 29.6 Å². The number of carbonyl (C=O) groups excluding carboxylic acids is 1. The average molecular weight is 292 g/mol. The van der Waals surface area contributed by atoms with Gasteiger partial charge in [0.05, 0.1) is 23.6 Å². The van der Waals surface area contributed by atoms with E-state index in [4.69, 9.17) is 4.74 Å². The molecule has 20 heavy (non-hydrogen) atoms. The predicted octanol–water partition coefficient (Wildman–Crippen LogP) is 2.82. The molecule has 0 amide bonds. The molecule has 0 atom stereocenters. The molecule has 0 aliphatic carbocycles. The summed E-state index contributed by atoms with van der Waals surface area (Å²) in [6, 6.07) is 6.25. The minimum absolute atomic E-state index is 0.0182. The summed E-state index contributed by atoms with van der Waals surface area (Å²) in [6.45, 7) is 2.08. The van der Waals surface area contributed by atoms with Crippen LogP contribution in [0.2, 0.25) is 0 Å². The largest absolute Gasteiger partial charge is 0.466 e. The first-order valence-electron chi connectivity index (χ1n) is 5.95. The number of rotatable bonds is 5. The Kier molecular flexibility index (Phi) is 4.41. The van der Waals surface area contributed by atoms with Gasteiger partial charge in [-0.3, -0.25) is 14.9 Å². The lowest BCUT2D eigenvalue weighted by Gasteiger charge is -1.98. The fourth-order valence-corrected chi connectivity index (χ4v) is 2.45. The molecule has 104 valence electrons. The Morgan fingerprint density at radius 3 is 3.00 bits per heavy atom. The van der Waals surface area contributed by atoms with Crippen molar-refractivity contribution in [2.75, 3.05) is 6.61 Å². The van der Waals surface area contributed by atoms with Gasteiger partial charge in [-0.2, -0.15) is 0 Å². The van der Waals surface area contributed by atoms with Gasteiger partial charge in [0, 0.05) is 23.1 Å². The van der Waals surface area contributed by atoms with E-state index in [2.05, 4.69) is 4.98 Å². The lowest BCUT2D eigenvalue weighted by atomic mass is 10.2. The summed E-state index contributed by atoms with van der Waals surface area (Å²) in [4.78, 5) is 25.9. The Hall–Kier alpha value is -2.28. The van der Waals surface area contributed by atoms with Crippen LogP contribution >= 0.6 is 11.3 Å². The Morgan fingerprint density at radius 2 is 2.30 bits per heavy atom. The average Bonchev–Trinajstić information content (AvgIpc) is 2.87. The first-order valence-corrected chi connectivity index (χ1v) is 6.83. The summed E-state index contributed by atoms with van der Waals surface area (Å²) in [5.74, 6) is -0.330. The summed E-state index contributed by atoms with van der Waals surface area (Å²) in [6.07, 6.45) is 0.110. The van der Waals surface area contributed by atoms with Crippen molar-refractivity contribution in [3.05, 3.63) is 45.5 Å². The smallest absolute Gasteiger partial charge is 0.311 e. The molecule has 2 aromatic rings. The van der Waals surface area contributed by atoms with Gasteiger partial charge in [-0.05, 0) is 6.92 Å². The van der Waals surface area contributed by atoms with E-state index in [1.165, 1.54) is 23.5 Å². The van der Waals surface area contributed by atoms with Gasteiger partial charge in [0.25, 0.3) is 5.69 Å². The molecular weight excluding hydrogens is 280 g/mol. The molecule has 7 heteroatoms. The Labute approximate surface area is 119 Å². The van der Waals surface area contributed by atoms with Gasteiger partial charge >= 0.3 is 5.97 Å². The fourth-order valence-electron chi connectivity index (χ4n) is 1.63. The van der Waals surface area contributed by atoms with E-state index >= 15 is 0 Å². The van der Waals surface area contributed by atoms with Crippen molar-refractivity contribution in [2.45, 2.75) is 13.3 Å². The minimum atomic E-state index is -0.448. The predicted molar refractivity (Wildman–Crippen MR) is 74.5 cm³/mol. The van der Waals surface area contributed by atoms with E-state index in [0.29, 0.717) is 22.9 Å². The molecule has 1 heterocycles. The third-order valence-electron chi connectivity index (χ3n) is 2.49. The van der Waals surface area contributed by atoms with Gasteiger partial charge in [0.2, 0.25) is 0 Å². The lowest BCUT2D eigenvalue weighted by Crippen LogP contribution is -2.07. The molecular formula is C13H12N2O4S. The molecule has 1 aromatic heterocycles. The SMILES string of the molecule is CCOC(=O)Cc1csc(-c2cccc([N+](=O)[O-])c2)n1. The fraction of sp³-hybridized carbons (Fsp3) is 0.231. The van der Waals surface area contributed by atoms with Crippen LogP contribution in [0, 0.1) is 10.1 Å². The van der Waals surface area contributed by atoms with Crippen molar-refractivity contribution in [2.24, 2.45) is 0 Å². The van der Waals surface area contributed by atoms with Gasteiger partial charge in [0.1, 0.15) is 5.01 Å². The second-order valence-corrected chi connectivity index (χ2v) is 4.79. The molecule has 0 fully saturated rings. The molecule has 0 aliphatic rings. The second kappa shape index (κ2) is 6.25. The summed E-state index contributed by atoms with van der Waals surface area (Å²) in [7, 11) is 0. The zero-order valence-corrected chi connectivity index (χ0v) is 11.6. The Balaban J connectivity index is 2.18. The Bertz CT molecular complexity index is 639. The zero-order valence-electron chi connectivity index (χ0n) is 10.7. The number of non-ortho nitro benzene ring substituents is 1. The molecule has 0 radical (unpaired) electrons. The number of aromatic nitrogens is 1. The number of hydrogen-bond donors (Lipinski definition) is 0. The van der Waals surface area contributed by atoms with Gasteiger partial charge in [0.15, 0.2) is 0 Å². The van der Waals surface area contributed by atoms with Crippen molar-refractivity contribution < 1.29 is 14.5 Å². The maximum absolute atomic E-state index is 11.4. The number of nitrogens with zero attached hydrogens (tertiary/aromatic N) is 2. The van der Waals surface area contributed by atoms with E-state index < -0.39 is 4.92 Å². The van der Waals surface area contributed by atoms with E-state index in [1.807, 2.05) is 0 Å². The van der Waals surface area contributed by atoms with Crippen LogP contribution in [0.1, 0.15) is 12.6 Å². The van der Waals surface area contributed by atoms with Gasteiger partial charge in [-0.1, -0.05) is 12.1 Å². The van der Waals surface area contributed by atoms with Crippen molar-refractivity contribution in [1.29, 1.82) is 0 Å². The molecule has 0 N–H and O–H groups in total. The van der Waals surface area contributed by atoms with Crippen molar-refractivity contribution >= 4 is 23.0 Å². The highest BCUT2D eigenvalue weighted by Gasteiger charge is 2.12. The number of esters is 1. The quantitative estimate of drug-likeness (QED) is 0.481. The van der Waals surface area contributed by atoms with Crippen LogP contribution in [0.4, 0.5) is 5.69 Å². The second-order valence-electron chi connectivity index (χ2n) is 3.93. The van der Waals surface area contributed by atoms with Crippen molar-refractivity contribution in [1.82, 2.24) is 4.98 Å². The molecule has 0 aliphatic heterocycles. The number of hydrogen-bond acceptors (Lipinski definition) is 6. The Morgan fingerprint density at radius 1 is 1.50 bits per heavy atom. The highest BCUT2D eigenvalue weighted by Crippen LogP contribution is 2.27. The molecule has 0 spiro atoms. The van der Waals surface area contributed by atoms with Crippen LogP contribution in [0.3, 0.4) is 0 Å². The van der Waals surface area contributed by atoms with E-state index in [-0.39, 0.29) is 18.1 Å². The summed E-state index contributed by atoms with van der Waals surface area (Å²) in [5.41, 5.74) is 1.29. The first-order chi connectivity index (χ1) is 9.60. The molecule has 0 bridgehead atoms. The van der Waals surface area contributed by atoms with Gasteiger partial charge in [-0.25, -0.2) is 4.98 Å². The molecule has 0 unspecified atom stereocenters. The lowest BCUT2D eigenvalue weighted by molar-refractivity contribution is -0.384. The normalized spacial score (nSPS) is 10.2. The van der Waals surface area contributed by atoms with Gasteiger partial charge in [-0.15, -0.1) is 11.3 Å². The van der Waals surface area contributed by atoms with E-state index in [1.54, 1.807) is 24.4 Å². The number of benzene rings is 1. The molecule has 0 saturated heterocycles. The minimum Gasteiger partial charge on any atom is -0.466 e. The number of nitro groups is 1. The van der Waals surface area contributed by atoms with Crippen LogP contribution in [-0.4, -0.2) is 22.5 Å². The van der Waals surface area contributed by atoms with Crippen LogP contribution < -0.4 is 0 Å². The third-order valence-corrected chi connectivity index (χ3v) is 3.43. The third kappa shape index (κ3) is 3.39. The van der Waals surface area contributed by atoms with Crippen LogP contribution in [0.25, 0.3) is 10.6 Å². The van der Waals surface area contributed by atoms with Crippen LogP contribution in [0.5, 0.6) is 0 Å². The van der Waals surface area contributed by atoms with E-state index in [9.17, 15) is 14.9 Å². The first kappa shape index (κ1) is 14.1. The highest BCUT2D eigenvalue weighted by atomic mass is 32.1. The summed E-state index contributed by atoms with van der Waals surface area (Å²) in [5, 5.41) is 13.1. The molecule has 2 rings (SSSR count). The van der Waals surface area contributed by atoms with Crippen LogP contribution in [-0.2, 0) is 16.0 Å². The summed E-state index contributed by atoms with van der Waals surface area (Å²) < 4.78 is 4.85. The summed E-state index contributed by atoms with van der Waals surface area (Å²) >= 11 is 1.34. The van der Waals surface area contributed by atoms with Crippen molar-refractivity contribution in [3.63, 3.8) is 0 Å². The van der Waals surface area contributed by atoms with Gasteiger partial charge < -0.3 is 4.74 Å². The maximum atomic E-state index is 11.4. The molecule has 0 saturated carbocycles. The number of thiazole rings is 1. The molecule has 6 nitrogen and oxygen atoms in total.